The Hall–Kier alpha value is -2.03. The number of hydrogen-bond donors (Lipinski definition) is 1. The fourth-order valence-corrected chi connectivity index (χ4v) is 2.91. The lowest BCUT2D eigenvalue weighted by Crippen LogP contribution is -2.11. The zero-order chi connectivity index (χ0) is 15.4. The van der Waals surface area contributed by atoms with Crippen LogP contribution in [0.4, 0.5) is 15.8 Å². The molecule has 0 fully saturated rings. The van der Waals surface area contributed by atoms with Crippen LogP contribution in [0, 0.1) is 12.4 Å². The third kappa shape index (κ3) is 3.75. The topological polar surface area (TPSA) is 33.6 Å². The molecule has 0 unspecified atom stereocenters. The van der Waals surface area contributed by atoms with Gasteiger partial charge in [0.25, 0.3) is 0 Å². The SMILES string of the molecule is [C-]#[N+]c1cc(N)c(Sc2ccccc2CN(C)C)cc1F. The van der Waals surface area contributed by atoms with Crippen LogP contribution in [0.1, 0.15) is 5.56 Å². The minimum atomic E-state index is -0.535. The maximum atomic E-state index is 13.8. The summed E-state index contributed by atoms with van der Waals surface area (Å²) < 4.78 is 13.8. The van der Waals surface area contributed by atoms with Crippen LogP contribution < -0.4 is 5.73 Å². The van der Waals surface area contributed by atoms with Gasteiger partial charge in [0.05, 0.1) is 6.57 Å². The Bertz CT molecular complexity index is 692. The first-order chi connectivity index (χ1) is 10.0. The standard InChI is InChI=1S/C16H16FN3S/c1-19-14-9-13(18)16(8-12(14)17)21-15-7-5-4-6-11(15)10-20(2)3/h4-9H,10,18H2,2-3H3. The minimum Gasteiger partial charge on any atom is -0.399 e. The summed E-state index contributed by atoms with van der Waals surface area (Å²) in [4.78, 5) is 6.86. The Balaban J connectivity index is 2.35. The molecule has 0 aliphatic carbocycles. The van der Waals surface area contributed by atoms with E-state index in [2.05, 4.69) is 9.74 Å². The summed E-state index contributed by atoms with van der Waals surface area (Å²) in [5, 5.41) is 0. The molecule has 0 saturated heterocycles. The van der Waals surface area contributed by atoms with Gasteiger partial charge in [-0.1, -0.05) is 30.0 Å². The van der Waals surface area contributed by atoms with Gasteiger partial charge in [0.1, 0.15) is 5.82 Å². The van der Waals surface area contributed by atoms with Gasteiger partial charge in [0.15, 0.2) is 0 Å². The normalized spacial score (nSPS) is 10.6. The second kappa shape index (κ2) is 6.61. The summed E-state index contributed by atoms with van der Waals surface area (Å²) >= 11 is 1.42. The predicted octanol–water partition coefficient (Wildman–Crippen LogP) is 4.17. The Kier molecular flexibility index (Phi) is 4.84. The predicted molar refractivity (Wildman–Crippen MR) is 85.0 cm³/mol. The Morgan fingerprint density at radius 2 is 1.95 bits per heavy atom. The molecule has 0 spiro atoms. The summed E-state index contributed by atoms with van der Waals surface area (Å²) in [5.41, 5.74) is 7.46. The van der Waals surface area contributed by atoms with Gasteiger partial charge in [0, 0.05) is 22.0 Å². The molecule has 0 heterocycles. The van der Waals surface area contributed by atoms with Crippen molar-refractivity contribution in [3.63, 3.8) is 0 Å². The third-order valence-electron chi connectivity index (χ3n) is 2.88. The second-order valence-corrected chi connectivity index (χ2v) is 5.98. The van der Waals surface area contributed by atoms with E-state index >= 15 is 0 Å². The van der Waals surface area contributed by atoms with Gasteiger partial charge in [-0.25, -0.2) is 9.24 Å². The van der Waals surface area contributed by atoms with Gasteiger partial charge < -0.3 is 10.6 Å². The van der Waals surface area contributed by atoms with Crippen molar-refractivity contribution in [1.82, 2.24) is 4.90 Å². The van der Waals surface area contributed by atoms with E-state index in [1.807, 2.05) is 38.4 Å². The first-order valence-electron chi connectivity index (χ1n) is 6.38. The number of nitrogens with two attached hydrogens (primary N) is 1. The van der Waals surface area contributed by atoms with Crippen LogP contribution in [-0.4, -0.2) is 19.0 Å². The van der Waals surface area contributed by atoms with E-state index in [-0.39, 0.29) is 5.69 Å². The summed E-state index contributed by atoms with van der Waals surface area (Å²) in [6, 6.07) is 10.7. The van der Waals surface area contributed by atoms with Crippen molar-refractivity contribution in [2.75, 3.05) is 19.8 Å². The molecule has 3 nitrogen and oxygen atoms in total. The highest BCUT2D eigenvalue weighted by atomic mass is 32.2. The number of nitrogens with zero attached hydrogens (tertiary/aromatic N) is 2. The molecule has 5 heteroatoms. The van der Waals surface area contributed by atoms with E-state index in [0.29, 0.717) is 10.6 Å². The Morgan fingerprint density at radius 1 is 1.24 bits per heavy atom. The number of anilines is 1. The van der Waals surface area contributed by atoms with Crippen molar-refractivity contribution >= 4 is 23.1 Å². The van der Waals surface area contributed by atoms with Crippen molar-refractivity contribution < 1.29 is 4.39 Å². The van der Waals surface area contributed by atoms with Crippen LogP contribution in [0.15, 0.2) is 46.2 Å². The summed E-state index contributed by atoms with van der Waals surface area (Å²) in [7, 11) is 4.00. The first kappa shape index (κ1) is 15.4. The molecule has 0 saturated carbocycles. The van der Waals surface area contributed by atoms with Crippen LogP contribution >= 0.6 is 11.8 Å². The fourth-order valence-electron chi connectivity index (χ4n) is 1.93. The smallest absolute Gasteiger partial charge is 0.224 e. The molecule has 0 bridgehead atoms. The van der Waals surface area contributed by atoms with Crippen molar-refractivity contribution in [2.24, 2.45) is 0 Å². The maximum absolute atomic E-state index is 13.8. The molecule has 0 aromatic heterocycles. The second-order valence-electron chi connectivity index (χ2n) is 4.90. The van der Waals surface area contributed by atoms with Gasteiger partial charge in [-0.15, -0.1) is 0 Å². The number of benzene rings is 2. The maximum Gasteiger partial charge on any atom is 0.224 e. The fraction of sp³-hybridized carbons (Fsp3) is 0.188. The highest BCUT2D eigenvalue weighted by molar-refractivity contribution is 7.99. The van der Waals surface area contributed by atoms with Crippen LogP contribution in [0.3, 0.4) is 0 Å². The number of rotatable bonds is 4. The van der Waals surface area contributed by atoms with Gasteiger partial charge in [-0.05, 0) is 37.9 Å². The molecule has 0 aliphatic rings. The van der Waals surface area contributed by atoms with Crippen LogP contribution in [0.25, 0.3) is 4.85 Å². The molecule has 2 rings (SSSR count). The summed E-state index contributed by atoms with van der Waals surface area (Å²) in [6.07, 6.45) is 0. The molecule has 0 aliphatic heterocycles. The summed E-state index contributed by atoms with van der Waals surface area (Å²) in [5.74, 6) is -0.535. The highest BCUT2D eigenvalue weighted by Gasteiger charge is 2.11. The van der Waals surface area contributed by atoms with Gasteiger partial charge in [-0.3, -0.25) is 0 Å². The largest absolute Gasteiger partial charge is 0.399 e. The molecule has 0 atom stereocenters. The van der Waals surface area contributed by atoms with E-state index in [1.54, 1.807) is 0 Å². The minimum absolute atomic E-state index is 0.0431. The highest BCUT2D eigenvalue weighted by Crippen LogP contribution is 2.37. The van der Waals surface area contributed by atoms with Crippen LogP contribution in [0.2, 0.25) is 0 Å². The van der Waals surface area contributed by atoms with Crippen LogP contribution in [-0.2, 0) is 6.54 Å². The lowest BCUT2D eigenvalue weighted by Gasteiger charge is -2.14. The number of nitrogen functional groups attached to an aromatic ring is 1. The lowest BCUT2D eigenvalue weighted by molar-refractivity contribution is 0.399. The third-order valence-corrected chi connectivity index (χ3v) is 4.07. The molecular formula is C16H16FN3S. The van der Waals surface area contributed by atoms with E-state index in [9.17, 15) is 4.39 Å². The van der Waals surface area contributed by atoms with Gasteiger partial charge in [0.2, 0.25) is 5.69 Å². The molecule has 108 valence electrons. The first-order valence-corrected chi connectivity index (χ1v) is 7.20. The molecular weight excluding hydrogens is 285 g/mol. The van der Waals surface area contributed by atoms with Gasteiger partial charge in [-0.2, -0.15) is 0 Å². The van der Waals surface area contributed by atoms with Crippen LogP contribution in [0.5, 0.6) is 0 Å². The van der Waals surface area contributed by atoms with E-state index < -0.39 is 5.82 Å². The lowest BCUT2D eigenvalue weighted by atomic mass is 10.2. The quantitative estimate of drug-likeness (QED) is 0.679. The van der Waals surface area contributed by atoms with E-state index in [4.69, 9.17) is 12.3 Å². The van der Waals surface area contributed by atoms with Crippen molar-refractivity contribution in [1.29, 1.82) is 0 Å². The monoisotopic (exact) mass is 301 g/mol. The number of hydrogen-bond acceptors (Lipinski definition) is 3. The molecule has 0 radical (unpaired) electrons. The average Bonchev–Trinajstić information content (AvgIpc) is 2.44. The Morgan fingerprint density at radius 3 is 2.62 bits per heavy atom. The number of halogens is 1. The van der Waals surface area contributed by atoms with Crippen molar-refractivity contribution in [3.05, 3.63) is 59.2 Å². The van der Waals surface area contributed by atoms with Crippen molar-refractivity contribution in [3.8, 4) is 0 Å². The summed E-state index contributed by atoms with van der Waals surface area (Å²) in [6.45, 7) is 7.70. The zero-order valence-electron chi connectivity index (χ0n) is 11.9. The molecule has 2 aromatic rings. The zero-order valence-corrected chi connectivity index (χ0v) is 12.7. The Labute approximate surface area is 128 Å². The molecule has 2 N–H and O–H groups in total. The van der Waals surface area contributed by atoms with E-state index in [0.717, 1.165) is 17.0 Å². The van der Waals surface area contributed by atoms with Gasteiger partial charge >= 0.3 is 0 Å². The van der Waals surface area contributed by atoms with Crippen molar-refractivity contribution in [2.45, 2.75) is 16.3 Å². The average molecular weight is 301 g/mol. The molecule has 21 heavy (non-hydrogen) atoms. The van der Waals surface area contributed by atoms with E-state index in [1.165, 1.54) is 23.9 Å². The molecule has 0 amide bonds. The molecule has 2 aromatic carbocycles.